The average molecular weight is 502 g/mol. The van der Waals surface area contributed by atoms with E-state index in [0.29, 0.717) is 0 Å². The molecule has 0 unspecified atom stereocenters. The van der Waals surface area contributed by atoms with E-state index in [1.807, 2.05) is 48.5 Å². The van der Waals surface area contributed by atoms with Crippen LogP contribution >= 0.6 is 0 Å². The third kappa shape index (κ3) is 6.60. The maximum Gasteiger partial charge on any atom is 2.00 e. The van der Waals surface area contributed by atoms with Gasteiger partial charge in [0.2, 0.25) is 0 Å². The van der Waals surface area contributed by atoms with Crippen molar-refractivity contribution in [3.8, 4) is 22.5 Å². The molecule has 0 spiro atoms. The summed E-state index contributed by atoms with van der Waals surface area (Å²) >= 11 is 0. The Morgan fingerprint density at radius 2 is 1.35 bits per heavy atom. The minimum absolute atomic E-state index is 0. The fraction of sp³-hybridized carbons (Fsp3) is 0.105. The normalized spacial score (nSPS) is 9.52. The predicted octanol–water partition coefficient (Wildman–Crippen LogP) is 4.01. The van der Waals surface area contributed by atoms with Crippen molar-refractivity contribution in [3.63, 3.8) is 0 Å². The SMILES string of the molecule is CS(C)=O.[Pt+2].[c-]1c[c-]cc(-c2cccc(-c3ccccc3)n2)c1. The van der Waals surface area contributed by atoms with Crippen molar-refractivity contribution < 1.29 is 25.3 Å². The second-order valence-corrected chi connectivity index (χ2v) is 6.22. The van der Waals surface area contributed by atoms with E-state index < -0.39 is 10.8 Å². The van der Waals surface area contributed by atoms with Gasteiger partial charge in [0.15, 0.2) is 0 Å². The van der Waals surface area contributed by atoms with Gasteiger partial charge in [-0.15, -0.1) is 0 Å². The molecule has 0 aliphatic rings. The maximum absolute atomic E-state index is 9.56. The molecule has 0 amide bonds. The molecule has 0 radical (unpaired) electrons. The Morgan fingerprint density at radius 3 is 1.91 bits per heavy atom. The van der Waals surface area contributed by atoms with Gasteiger partial charge >= 0.3 is 21.1 Å². The average Bonchev–Trinajstić information content (AvgIpc) is 2.56. The first-order valence-corrected chi connectivity index (χ1v) is 8.78. The molecule has 1 heterocycles. The Labute approximate surface area is 154 Å². The smallest absolute Gasteiger partial charge is 0.358 e. The molecule has 0 aliphatic carbocycles. The van der Waals surface area contributed by atoms with Crippen molar-refractivity contribution in [1.82, 2.24) is 4.98 Å². The summed E-state index contributed by atoms with van der Waals surface area (Å²) in [6.45, 7) is 0. The van der Waals surface area contributed by atoms with Crippen LogP contribution in [0.2, 0.25) is 0 Å². The first-order chi connectivity index (χ1) is 10.7. The summed E-state index contributed by atoms with van der Waals surface area (Å²) in [5, 5.41) is 0. The third-order valence-corrected chi connectivity index (χ3v) is 2.76. The van der Waals surface area contributed by atoms with Crippen LogP contribution in [0.5, 0.6) is 0 Å². The molecule has 1 aromatic heterocycles. The largest absolute Gasteiger partial charge is 2.00 e. The van der Waals surface area contributed by atoms with Crippen molar-refractivity contribution in [2.24, 2.45) is 0 Å². The summed E-state index contributed by atoms with van der Waals surface area (Å²) in [4.78, 5) is 4.67. The fourth-order valence-electron chi connectivity index (χ4n) is 1.87. The van der Waals surface area contributed by atoms with E-state index in [-0.39, 0.29) is 21.1 Å². The number of hydrogen-bond donors (Lipinski definition) is 0. The molecule has 0 saturated carbocycles. The van der Waals surface area contributed by atoms with Gasteiger partial charge in [0.1, 0.15) is 0 Å². The quantitative estimate of drug-likeness (QED) is 0.496. The molecule has 0 saturated heterocycles. The Kier molecular flexibility index (Phi) is 8.68. The van der Waals surface area contributed by atoms with E-state index in [1.54, 1.807) is 18.6 Å². The van der Waals surface area contributed by atoms with Crippen molar-refractivity contribution in [2.45, 2.75) is 0 Å². The number of rotatable bonds is 2. The molecule has 3 rings (SSSR count). The van der Waals surface area contributed by atoms with Crippen LogP contribution in [0.3, 0.4) is 0 Å². The van der Waals surface area contributed by atoms with Gasteiger partial charge in [-0.1, -0.05) is 42.5 Å². The Hall–Kier alpha value is -1.57. The van der Waals surface area contributed by atoms with Gasteiger partial charge < -0.3 is 18.2 Å². The molecule has 2 aromatic carbocycles. The molecule has 0 bridgehead atoms. The third-order valence-electron chi connectivity index (χ3n) is 2.76. The standard InChI is InChI=1S/C17H11N.C2H6OS.Pt/c1-3-8-14(9-4-1)16-12-7-13-17(18-16)15-10-5-2-6-11-15;1-4(2)3;/h1-4,7-13H;1-2H3;/q-2;;+2. The fourth-order valence-corrected chi connectivity index (χ4v) is 1.87. The van der Waals surface area contributed by atoms with Crippen LogP contribution in [-0.2, 0) is 31.9 Å². The summed E-state index contributed by atoms with van der Waals surface area (Å²) in [6, 6.07) is 27.9. The van der Waals surface area contributed by atoms with Gasteiger partial charge in [0.25, 0.3) is 0 Å². The second-order valence-electron chi connectivity index (χ2n) is 4.74. The van der Waals surface area contributed by atoms with E-state index in [9.17, 15) is 4.21 Å². The van der Waals surface area contributed by atoms with Crippen LogP contribution < -0.4 is 0 Å². The minimum atomic E-state index is -0.611. The first-order valence-electron chi connectivity index (χ1n) is 6.82. The molecular formula is C19H17NOPtS. The van der Waals surface area contributed by atoms with Gasteiger partial charge in [-0.05, 0) is 11.8 Å². The molecule has 0 aliphatic heterocycles. The number of aromatic nitrogens is 1. The topological polar surface area (TPSA) is 30.0 Å². The van der Waals surface area contributed by atoms with E-state index in [1.165, 1.54) is 0 Å². The van der Waals surface area contributed by atoms with Crippen LogP contribution in [0.1, 0.15) is 0 Å². The number of hydrogen-bond acceptors (Lipinski definition) is 2. The second kappa shape index (κ2) is 10.2. The molecule has 4 heteroatoms. The van der Waals surface area contributed by atoms with Crippen molar-refractivity contribution >= 4 is 10.8 Å². The zero-order valence-electron chi connectivity index (χ0n) is 12.9. The van der Waals surface area contributed by atoms with Gasteiger partial charge in [0.05, 0.1) is 5.69 Å². The van der Waals surface area contributed by atoms with Crippen LogP contribution in [0, 0.1) is 12.1 Å². The maximum atomic E-state index is 9.56. The van der Waals surface area contributed by atoms with Gasteiger partial charge in [-0.25, -0.2) is 5.56 Å². The van der Waals surface area contributed by atoms with Crippen LogP contribution in [-0.4, -0.2) is 21.7 Å². The number of nitrogens with zero attached hydrogens (tertiary/aromatic N) is 1. The molecule has 0 atom stereocenters. The van der Waals surface area contributed by atoms with Crippen LogP contribution in [0.15, 0.2) is 66.7 Å². The van der Waals surface area contributed by atoms with Gasteiger partial charge in [0, 0.05) is 28.9 Å². The minimum Gasteiger partial charge on any atom is -0.358 e. The Morgan fingerprint density at radius 1 is 0.826 bits per heavy atom. The molecule has 2 nitrogen and oxygen atoms in total. The van der Waals surface area contributed by atoms with E-state index in [2.05, 4.69) is 29.2 Å². The summed E-state index contributed by atoms with van der Waals surface area (Å²) in [6.07, 6.45) is 3.28. The molecule has 3 aromatic rings. The number of pyridine rings is 1. The summed E-state index contributed by atoms with van der Waals surface area (Å²) in [5.41, 5.74) is 4.10. The molecule has 0 fully saturated rings. The van der Waals surface area contributed by atoms with Gasteiger partial charge in [-0.3, -0.25) is 21.3 Å². The summed E-state index contributed by atoms with van der Waals surface area (Å²) < 4.78 is 9.56. The predicted molar refractivity (Wildman–Crippen MR) is 92.8 cm³/mol. The van der Waals surface area contributed by atoms with Crippen LogP contribution in [0.4, 0.5) is 0 Å². The summed E-state index contributed by atoms with van der Waals surface area (Å²) in [7, 11) is -0.611. The molecule has 120 valence electrons. The first kappa shape index (κ1) is 19.5. The van der Waals surface area contributed by atoms with Crippen molar-refractivity contribution in [3.05, 3.63) is 78.9 Å². The molecule has 23 heavy (non-hydrogen) atoms. The van der Waals surface area contributed by atoms with Gasteiger partial charge in [-0.2, -0.15) is 0 Å². The summed E-state index contributed by atoms with van der Waals surface area (Å²) in [5.74, 6) is 0. The van der Waals surface area contributed by atoms with E-state index in [0.717, 1.165) is 22.5 Å². The van der Waals surface area contributed by atoms with E-state index in [4.69, 9.17) is 0 Å². The number of benzene rings is 2. The monoisotopic (exact) mass is 502 g/mol. The molecule has 0 N–H and O–H groups in total. The van der Waals surface area contributed by atoms with Crippen molar-refractivity contribution in [2.75, 3.05) is 12.5 Å². The van der Waals surface area contributed by atoms with Crippen LogP contribution in [0.25, 0.3) is 22.5 Å². The Bertz CT molecular complexity index is 674. The molecular weight excluding hydrogens is 485 g/mol. The zero-order valence-corrected chi connectivity index (χ0v) is 16.0. The zero-order chi connectivity index (χ0) is 15.8. The van der Waals surface area contributed by atoms with E-state index >= 15 is 0 Å². The van der Waals surface area contributed by atoms with Crippen molar-refractivity contribution in [1.29, 1.82) is 0 Å². The Balaban J connectivity index is 0.000000478.